The van der Waals surface area contributed by atoms with Crippen LogP contribution in [0, 0.1) is 0 Å². The Labute approximate surface area is 132 Å². The average molecular weight is 310 g/mol. The quantitative estimate of drug-likeness (QED) is 0.688. The van der Waals surface area contributed by atoms with Crippen molar-refractivity contribution in [2.24, 2.45) is 0 Å². The van der Waals surface area contributed by atoms with Crippen LogP contribution in [0.1, 0.15) is 26.3 Å². The number of hydrogen-bond donors (Lipinski definition) is 2. The molecule has 2 N–H and O–H groups in total. The van der Waals surface area contributed by atoms with Crippen molar-refractivity contribution in [2.45, 2.75) is 44.3 Å². The van der Waals surface area contributed by atoms with Gasteiger partial charge in [0.1, 0.15) is 0 Å². The van der Waals surface area contributed by atoms with Crippen molar-refractivity contribution >= 4 is 17.7 Å². The number of nitrogens with one attached hydrogen (secondary N) is 2. The molecular formula is C16H26N2O2S. The molecule has 0 saturated carbocycles. The number of hydrogen-bond acceptors (Lipinski definition) is 4. The van der Waals surface area contributed by atoms with Gasteiger partial charge >= 0.3 is 0 Å². The largest absolute Gasteiger partial charge is 0.383 e. The molecule has 0 aliphatic rings. The molecule has 21 heavy (non-hydrogen) atoms. The van der Waals surface area contributed by atoms with Crippen LogP contribution in [0.3, 0.4) is 0 Å². The van der Waals surface area contributed by atoms with E-state index in [1.807, 2.05) is 6.92 Å². The van der Waals surface area contributed by atoms with Crippen molar-refractivity contribution < 1.29 is 9.53 Å². The molecular weight excluding hydrogens is 284 g/mol. The topological polar surface area (TPSA) is 50.4 Å². The normalized spacial score (nSPS) is 12.4. The minimum Gasteiger partial charge on any atom is -0.383 e. The molecule has 1 rings (SSSR count). The Balaban J connectivity index is 2.33. The maximum absolute atomic E-state index is 11.7. The fourth-order valence-electron chi connectivity index (χ4n) is 1.78. The molecule has 4 nitrogen and oxygen atoms in total. The predicted octanol–water partition coefficient (Wildman–Crippen LogP) is 2.43. The van der Waals surface area contributed by atoms with Crippen LogP contribution in [0.5, 0.6) is 0 Å². The van der Waals surface area contributed by atoms with Crippen LogP contribution >= 0.6 is 11.8 Å². The lowest BCUT2D eigenvalue weighted by Gasteiger charge is -2.12. The average Bonchev–Trinajstić information content (AvgIpc) is 2.44. The van der Waals surface area contributed by atoms with Gasteiger partial charge in [0, 0.05) is 30.6 Å². The van der Waals surface area contributed by atoms with Crippen molar-refractivity contribution in [1.82, 2.24) is 10.6 Å². The first-order valence-electron chi connectivity index (χ1n) is 7.24. The van der Waals surface area contributed by atoms with Gasteiger partial charge in [-0.1, -0.05) is 26.0 Å². The van der Waals surface area contributed by atoms with Crippen molar-refractivity contribution in [3.05, 3.63) is 29.8 Å². The van der Waals surface area contributed by atoms with E-state index in [0.717, 1.165) is 11.4 Å². The summed E-state index contributed by atoms with van der Waals surface area (Å²) in [5.74, 6) is 0.465. The lowest BCUT2D eigenvalue weighted by Crippen LogP contribution is -2.36. The standard InChI is InChI=1S/C16H26N2O2S/c1-12(2)17-9-14-5-7-15(8-6-14)21-11-16(19)18-13(3)10-20-4/h5-8,12-13,17H,9-11H2,1-4H3,(H,18,19). The Morgan fingerprint density at radius 3 is 2.48 bits per heavy atom. The maximum atomic E-state index is 11.7. The van der Waals surface area contributed by atoms with Gasteiger partial charge in [-0.3, -0.25) is 4.79 Å². The van der Waals surface area contributed by atoms with E-state index in [4.69, 9.17) is 4.74 Å². The van der Waals surface area contributed by atoms with Gasteiger partial charge < -0.3 is 15.4 Å². The zero-order chi connectivity index (χ0) is 15.7. The highest BCUT2D eigenvalue weighted by Crippen LogP contribution is 2.18. The highest BCUT2D eigenvalue weighted by Gasteiger charge is 2.07. The van der Waals surface area contributed by atoms with Crippen molar-refractivity contribution in [1.29, 1.82) is 0 Å². The first-order valence-corrected chi connectivity index (χ1v) is 8.23. The minimum absolute atomic E-state index is 0.0371. The summed E-state index contributed by atoms with van der Waals surface area (Å²) in [5.41, 5.74) is 1.26. The van der Waals surface area contributed by atoms with Gasteiger partial charge in [0.2, 0.25) is 5.91 Å². The van der Waals surface area contributed by atoms with Crippen LogP contribution in [-0.4, -0.2) is 37.5 Å². The van der Waals surface area contributed by atoms with Gasteiger partial charge in [0.05, 0.1) is 12.4 Å². The van der Waals surface area contributed by atoms with Crippen molar-refractivity contribution in [3.63, 3.8) is 0 Å². The fraction of sp³-hybridized carbons (Fsp3) is 0.562. The van der Waals surface area contributed by atoms with Crippen molar-refractivity contribution in [2.75, 3.05) is 19.5 Å². The number of methoxy groups -OCH3 is 1. The molecule has 1 atom stereocenters. The summed E-state index contributed by atoms with van der Waals surface area (Å²) in [6, 6.07) is 8.86. The summed E-state index contributed by atoms with van der Waals surface area (Å²) in [5, 5.41) is 6.28. The summed E-state index contributed by atoms with van der Waals surface area (Å²) in [4.78, 5) is 12.9. The highest BCUT2D eigenvalue weighted by molar-refractivity contribution is 8.00. The second-order valence-electron chi connectivity index (χ2n) is 5.39. The maximum Gasteiger partial charge on any atom is 0.230 e. The first kappa shape index (κ1) is 18.0. The summed E-state index contributed by atoms with van der Waals surface area (Å²) >= 11 is 1.55. The van der Waals surface area contributed by atoms with Crippen LogP contribution in [-0.2, 0) is 16.1 Å². The van der Waals surface area contributed by atoms with Crippen LogP contribution in [0.4, 0.5) is 0 Å². The molecule has 0 aromatic heterocycles. The van der Waals surface area contributed by atoms with E-state index in [9.17, 15) is 4.79 Å². The Bertz CT molecular complexity index is 421. The van der Waals surface area contributed by atoms with E-state index in [2.05, 4.69) is 48.7 Å². The van der Waals surface area contributed by atoms with Crippen LogP contribution < -0.4 is 10.6 Å². The third-order valence-corrected chi connectivity index (χ3v) is 3.84. The zero-order valence-corrected chi connectivity index (χ0v) is 14.1. The second kappa shape index (κ2) is 9.82. The van der Waals surface area contributed by atoms with Gasteiger partial charge in [-0.15, -0.1) is 11.8 Å². The Morgan fingerprint density at radius 2 is 1.90 bits per heavy atom. The third-order valence-electron chi connectivity index (χ3n) is 2.83. The predicted molar refractivity (Wildman–Crippen MR) is 88.6 cm³/mol. The Kier molecular flexibility index (Phi) is 8.42. The van der Waals surface area contributed by atoms with Gasteiger partial charge in [-0.05, 0) is 24.6 Å². The molecule has 1 unspecified atom stereocenters. The number of ether oxygens (including phenoxy) is 1. The van der Waals surface area contributed by atoms with E-state index in [1.165, 1.54) is 5.56 Å². The number of carbonyl (C=O) groups is 1. The molecule has 1 amide bonds. The highest BCUT2D eigenvalue weighted by atomic mass is 32.2. The monoisotopic (exact) mass is 310 g/mol. The fourth-order valence-corrected chi connectivity index (χ4v) is 2.49. The molecule has 0 fully saturated rings. The Morgan fingerprint density at radius 1 is 1.24 bits per heavy atom. The van der Waals surface area contributed by atoms with Crippen LogP contribution in [0.25, 0.3) is 0 Å². The van der Waals surface area contributed by atoms with E-state index >= 15 is 0 Å². The molecule has 0 bridgehead atoms. The van der Waals surface area contributed by atoms with E-state index in [1.54, 1.807) is 18.9 Å². The summed E-state index contributed by atoms with van der Waals surface area (Å²) in [7, 11) is 1.63. The smallest absolute Gasteiger partial charge is 0.230 e. The number of rotatable bonds is 9. The first-order chi connectivity index (χ1) is 10.0. The lowest BCUT2D eigenvalue weighted by atomic mass is 10.2. The molecule has 1 aromatic rings. The molecule has 118 valence electrons. The van der Waals surface area contributed by atoms with E-state index in [0.29, 0.717) is 18.4 Å². The van der Waals surface area contributed by atoms with Crippen molar-refractivity contribution in [3.8, 4) is 0 Å². The van der Waals surface area contributed by atoms with Crippen LogP contribution in [0.2, 0.25) is 0 Å². The molecule has 0 aliphatic carbocycles. The molecule has 5 heteroatoms. The Hall–Kier alpha value is -1.04. The summed E-state index contributed by atoms with van der Waals surface area (Å²) in [6.07, 6.45) is 0. The van der Waals surface area contributed by atoms with E-state index in [-0.39, 0.29) is 11.9 Å². The van der Waals surface area contributed by atoms with Gasteiger partial charge in [-0.2, -0.15) is 0 Å². The molecule has 0 aliphatic heterocycles. The van der Waals surface area contributed by atoms with Gasteiger partial charge in [0.25, 0.3) is 0 Å². The van der Waals surface area contributed by atoms with Gasteiger partial charge in [-0.25, -0.2) is 0 Å². The zero-order valence-electron chi connectivity index (χ0n) is 13.3. The molecule has 0 heterocycles. The van der Waals surface area contributed by atoms with E-state index < -0.39 is 0 Å². The second-order valence-corrected chi connectivity index (χ2v) is 6.44. The van der Waals surface area contributed by atoms with Crippen LogP contribution in [0.15, 0.2) is 29.2 Å². The number of benzene rings is 1. The SMILES string of the molecule is COCC(C)NC(=O)CSc1ccc(CNC(C)C)cc1. The number of thioether (sulfide) groups is 1. The minimum atomic E-state index is 0.0371. The summed E-state index contributed by atoms with van der Waals surface area (Å²) in [6.45, 7) is 7.61. The summed E-state index contributed by atoms with van der Waals surface area (Å²) < 4.78 is 4.99. The molecule has 0 spiro atoms. The third kappa shape index (κ3) is 8.09. The lowest BCUT2D eigenvalue weighted by molar-refractivity contribution is -0.119. The number of amides is 1. The molecule has 1 aromatic carbocycles. The molecule has 0 saturated heterocycles. The van der Waals surface area contributed by atoms with Gasteiger partial charge in [0.15, 0.2) is 0 Å². The molecule has 0 radical (unpaired) electrons. The number of carbonyl (C=O) groups excluding carboxylic acids is 1.